The largest absolute Gasteiger partial charge is 0.512 e. The first-order chi connectivity index (χ1) is 22.0. The number of allylic oxidation sites excluding steroid dienone is 2. The number of benzene rings is 4. The van der Waals surface area contributed by atoms with Gasteiger partial charge in [0.1, 0.15) is 0 Å². The number of aromatic nitrogens is 1. The number of thiophene rings is 1. The minimum atomic E-state index is 0. The van der Waals surface area contributed by atoms with Crippen molar-refractivity contribution >= 4 is 69.7 Å². The van der Waals surface area contributed by atoms with Crippen LogP contribution in [0.25, 0.3) is 52.6 Å². The molecule has 0 bridgehead atoms. The number of aliphatic hydroxyl groups is 1. The van der Waals surface area contributed by atoms with Crippen LogP contribution >= 0.6 is 11.3 Å². The summed E-state index contributed by atoms with van der Waals surface area (Å²) in [6.45, 7) is 17.1. The Labute approximate surface area is 297 Å². The van der Waals surface area contributed by atoms with Crippen LogP contribution in [0.1, 0.15) is 85.3 Å². The smallest absolute Gasteiger partial charge is 0.162 e. The molecule has 0 aliphatic heterocycles. The van der Waals surface area contributed by atoms with E-state index in [0.717, 1.165) is 43.0 Å². The summed E-state index contributed by atoms with van der Waals surface area (Å²) in [5.41, 5.74) is 3.91. The van der Waals surface area contributed by atoms with Crippen LogP contribution in [0, 0.1) is 30.2 Å². The second-order valence-electron chi connectivity index (χ2n) is 13.8. The quantitative estimate of drug-likeness (QED) is 0.0720. The van der Waals surface area contributed by atoms with Gasteiger partial charge in [-0.25, -0.2) is 0 Å². The molecule has 5 heteroatoms. The molecule has 3 nitrogen and oxygen atoms in total. The minimum Gasteiger partial charge on any atom is -0.512 e. The Morgan fingerprint density at radius 2 is 1.49 bits per heavy atom. The molecular weight excluding hydrogens is 775 g/mol. The third-order valence-corrected chi connectivity index (χ3v) is 10.4. The van der Waals surface area contributed by atoms with Gasteiger partial charge in [-0.2, -0.15) is 0 Å². The molecule has 0 saturated carbocycles. The van der Waals surface area contributed by atoms with Gasteiger partial charge in [-0.3, -0.25) is 4.79 Å². The van der Waals surface area contributed by atoms with E-state index in [2.05, 4.69) is 94.6 Å². The first kappa shape index (κ1) is 36.7. The molecule has 1 N–H and O–H groups in total. The molecular formula is C42H48IrNO2S-. The zero-order valence-electron chi connectivity index (χ0n) is 29.1. The van der Waals surface area contributed by atoms with Crippen LogP contribution < -0.4 is 0 Å². The number of carbonyl (C=O) groups excluding carboxylic acids is 1. The summed E-state index contributed by atoms with van der Waals surface area (Å²) in [7, 11) is 0. The Balaban J connectivity index is 0.000000269. The number of hydrogen-bond donors (Lipinski definition) is 1. The fraction of sp³-hybridized carbons (Fsp3) is 0.381. The molecule has 6 aromatic rings. The first-order valence-electron chi connectivity index (χ1n) is 16.9. The van der Waals surface area contributed by atoms with E-state index in [1.54, 1.807) is 0 Å². The van der Waals surface area contributed by atoms with E-state index in [0.29, 0.717) is 0 Å². The third kappa shape index (κ3) is 7.80. The fourth-order valence-electron chi connectivity index (χ4n) is 6.74. The molecule has 0 atom stereocenters. The van der Waals surface area contributed by atoms with Crippen LogP contribution in [0.4, 0.5) is 0 Å². The maximum Gasteiger partial charge on any atom is 0.162 e. The second-order valence-corrected chi connectivity index (χ2v) is 14.9. The number of rotatable bonds is 8. The molecule has 0 saturated heterocycles. The molecule has 47 heavy (non-hydrogen) atoms. The Morgan fingerprint density at radius 1 is 0.851 bits per heavy atom. The van der Waals surface area contributed by atoms with Crippen molar-refractivity contribution in [2.75, 3.05) is 0 Å². The molecule has 4 aromatic carbocycles. The van der Waals surface area contributed by atoms with Gasteiger partial charge in [0.15, 0.2) is 5.78 Å². The monoisotopic (exact) mass is 823 g/mol. The van der Waals surface area contributed by atoms with Crippen molar-refractivity contribution in [1.82, 2.24) is 4.98 Å². The maximum absolute atomic E-state index is 11.7. The van der Waals surface area contributed by atoms with E-state index >= 15 is 0 Å². The van der Waals surface area contributed by atoms with Crippen molar-refractivity contribution in [2.24, 2.45) is 17.3 Å². The topological polar surface area (TPSA) is 50.2 Å². The number of fused-ring (bicyclic) bond motifs is 9. The summed E-state index contributed by atoms with van der Waals surface area (Å²) in [6, 6.07) is 23.8. The molecule has 0 aliphatic carbocycles. The van der Waals surface area contributed by atoms with Crippen LogP contribution in [-0.2, 0) is 31.3 Å². The predicted octanol–water partition coefficient (Wildman–Crippen LogP) is 12.5. The van der Waals surface area contributed by atoms with E-state index in [1.165, 1.54) is 58.9 Å². The molecule has 0 unspecified atom stereocenters. The van der Waals surface area contributed by atoms with Gasteiger partial charge in [0, 0.05) is 59.7 Å². The molecule has 1 radical (unpaired) electrons. The van der Waals surface area contributed by atoms with Crippen LogP contribution in [0.5, 0.6) is 0 Å². The fourth-order valence-corrected chi connectivity index (χ4v) is 7.81. The molecule has 2 aromatic heterocycles. The number of aryl methyl sites for hydroxylation is 1. The van der Waals surface area contributed by atoms with Gasteiger partial charge >= 0.3 is 0 Å². The van der Waals surface area contributed by atoms with Gasteiger partial charge in [-0.15, -0.1) is 28.4 Å². The summed E-state index contributed by atoms with van der Waals surface area (Å²) < 4.78 is 2.59. The van der Waals surface area contributed by atoms with Crippen molar-refractivity contribution in [1.29, 1.82) is 0 Å². The standard InChI is InChI=1S/C29H24NS.C13H24O2.Ir/c1-17-13-23-21(20-8-6-5-7-19(17)20)10-11-22-27-24-14-18(15-29(2,3)4)9-12-25(24)31-26(27)16-30-28(22)23;1-5-10(6-2)12(14)9-13(15)11(7-3)8-4;/h5-12,14,16H,15H2,1-4H3;9-11,14H,5-8H2,1-4H3;/q-1;;/b;12-9-;. The molecule has 0 spiro atoms. The zero-order valence-corrected chi connectivity index (χ0v) is 32.3. The average molecular weight is 823 g/mol. The van der Waals surface area contributed by atoms with E-state index in [-0.39, 0.29) is 48.9 Å². The normalized spacial score (nSPS) is 12.3. The number of nitrogens with zero attached hydrogens (tertiary/aromatic N) is 1. The Hall–Kier alpha value is -3.11. The van der Waals surface area contributed by atoms with Gasteiger partial charge in [0.2, 0.25) is 0 Å². The van der Waals surface area contributed by atoms with Crippen molar-refractivity contribution in [3.63, 3.8) is 0 Å². The molecule has 0 amide bonds. The van der Waals surface area contributed by atoms with Crippen molar-refractivity contribution < 1.29 is 30.0 Å². The van der Waals surface area contributed by atoms with Gasteiger partial charge in [-0.05, 0) is 66.1 Å². The summed E-state index contributed by atoms with van der Waals surface area (Å²) in [6.07, 6.45) is 8.04. The van der Waals surface area contributed by atoms with Gasteiger partial charge in [-0.1, -0.05) is 114 Å². The first-order valence-corrected chi connectivity index (χ1v) is 17.7. The number of aliphatic hydroxyl groups excluding tert-OH is 1. The van der Waals surface area contributed by atoms with Gasteiger partial charge < -0.3 is 10.1 Å². The zero-order chi connectivity index (χ0) is 33.2. The van der Waals surface area contributed by atoms with Crippen LogP contribution in [-0.4, -0.2) is 15.9 Å². The van der Waals surface area contributed by atoms with E-state index in [9.17, 15) is 9.90 Å². The van der Waals surface area contributed by atoms with E-state index in [1.807, 2.05) is 39.0 Å². The summed E-state index contributed by atoms with van der Waals surface area (Å²) in [5, 5.41) is 18.6. The average Bonchev–Trinajstić information content (AvgIpc) is 3.40. The van der Waals surface area contributed by atoms with Crippen LogP contribution in [0.15, 0.2) is 72.6 Å². The number of carbonyl (C=O) groups is 1. The SMILES string of the molecule is CCC(CC)C(=O)/C=C(\O)C(CC)CC.Cc1[c-]c2c(ccc3c2ncc2sc4ccc(CC(C)(C)C)cc4c23)c2ccccc12.[Ir]. The summed E-state index contributed by atoms with van der Waals surface area (Å²) in [4.78, 5) is 16.7. The number of pyridine rings is 1. The predicted molar refractivity (Wildman–Crippen MR) is 200 cm³/mol. The molecule has 0 aliphatic rings. The Kier molecular flexibility index (Phi) is 12.0. The maximum atomic E-state index is 11.7. The minimum absolute atomic E-state index is 0. The molecule has 2 heterocycles. The molecule has 249 valence electrons. The van der Waals surface area contributed by atoms with Gasteiger partial charge in [0.25, 0.3) is 0 Å². The second kappa shape index (κ2) is 15.4. The van der Waals surface area contributed by atoms with E-state index in [4.69, 9.17) is 4.98 Å². The molecule has 6 rings (SSSR count). The number of hydrogen-bond acceptors (Lipinski definition) is 4. The van der Waals surface area contributed by atoms with Crippen molar-refractivity contribution in [3.05, 3.63) is 89.8 Å². The van der Waals surface area contributed by atoms with Gasteiger partial charge in [0.05, 0.1) is 10.5 Å². The summed E-state index contributed by atoms with van der Waals surface area (Å²) in [5.74, 6) is 0.547. The number of ketones is 1. The Bertz CT molecular complexity index is 2060. The van der Waals surface area contributed by atoms with Crippen molar-refractivity contribution in [3.8, 4) is 0 Å². The van der Waals surface area contributed by atoms with E-state index < -0.39 is 0 Å². The third-order valence-electron chi connectivity index (χ3n) is 9.29. The Morgan fingerprint density at radius 3 is 2.13 bits per heavy atom. The van der Waals surface area contributed by atoms with Crippen LogP contribution in [0.2, 0.25) is 0 Å². The van der Waals surface area contributed by atoms with Crippen LogP contribution in [0.3, 0.4) is 0 Å². The van der Waals surface area contributed by atoms with Crippen molar-refractivity contribution in [2.45, 2.75) is 87.5 Å². The summed E-state index contributed by atoms with van der Waals surface area (Å²) >= 11 is 1.84. The molecule has 0 fully saturated rings.